The average molecular weight is 606 g/mol. The largest absolute Gasteiger partial charge is 2.00 e. The number of hydrogen-bond donors (Lipinski definition) is 9. The Morgan fingerprint density at radius 2 is 1.14 bits per heavy atom. The molecule has 0 heterocycles. The van der Waals surface area contributed by atoms with Gasteiger partial charge in [0.1, 0.15) is 24.1 Å². The number of rotatable bonds is 14. The molecule has 0 radical (unpaired) electrons. The second-order valence-corrected chi connectivity index (χ2v) is 11.6. The maximum atomic E-state index is 11.9. The molecule has 0 aliphatic heterocycles. The predicted molar refractivity (Wildman–Crippen MR) is 129 cm³/mol. The second-order valence-electron chi connectivity index (χ2n) is 8.37. The number of phenols is 2. The van der Waals surface area contributed by atoms with Crippen LogP contribution in [0.1, 0.15) is 22.3 Å². The second kappa shape index (κ2) is 14.7. The van der Waals surface area contributed by atoms with Crippen molar-refractivity contribution in [2.75, 3.05) is 25.7 Å². The molecular formula is C21H32FeN2O11P2+2. The van der Waals surface area contributed by atoms with Crippen molar-refractivity contribution < 1.29 is 71.3 Å². The van der Waals surface area contributed by atoms with Gasteiger partial charge in [-0.2, -0.15) is 0 Å². The Kier molecular flexibility index (Phi) is 13.4. The van der Waals surface area contributed by atoms with Crippen molar-refractivity contribution in [1.82, 2.24) is 9.80 Å². The first kappa shape index (κ1) is 33.7. The Hall–Kier alpha value is -1.34. The van der Waals surface area contributed by atoms with Crippen molar-refractivity contribution >= 4 is 15.2 Å². The molecule has 2 aromatic carbocycles. The molecule has 0 saturated heterocycles. The zero-order valence-corrected chi connectivity index (χ0v) is 22.6. The van der Waals surface area contributed by atoms with Gasteiger partial charge < -0.3 is 45.1 Å². The Morgan fingerprint density at radius 3 is 1.54 bits per heavy atom. The van der Waals surface area contributed by atoms with Crippen LogP contribution in [0, 0.1) is 0 Å². The molecule has 0 aliphatic rings. The van der Waals surface area contributed by atoms with E-state index in [1.54, 1.807) is 0 Å². The van der Waals surface area contributed by atoms with Crippen molar-refractivity contribution in [3.05, 3.63) is 58.7 Å². The van der Waals surface area contributed by atoms with Crippen molar-refractivity contribution in [3.63, 3.8) is 0 Å². The summed E-state index contributed by atoms with van der Waals surface area (Å²) in [5.41, 5.74) is 0.834. The zero-order chi connectivity index (χ0) is 27.1. The summed E-state index contributed by atoms with van der Waals surface area (Å²) < 4.78 is 23.7. The summed E-state index contributed by atoms with van der Waals surface area (Å²) in [6.07, 6.45) is -1.63. The SMILES string of the molecule is O=P(O)(O)CN(Cc1cccc(CO)c1O)C[C@@H](CO)N(Cc1cccc(CO)c1O)CP(=O)(O)O.[Fe+2]. The normalized spacial score (nSPS) is 13.1. The van der Waals surface area contributed by atoms with Gasteiger partial charge in [-0.05, 0) is 0 Å². The molecule has 2 rings (SSSR count). The van der Waals surface area contributed by atoms with Crippen LogP contribution in [0.4, 0.5) is 0 Å². The molecule has 9 N–H and O–H groups in total. The summed E-state index contributed by atoms with van der Waals surface area (Å²) >= 11 is 0. The van der Waals surface area contributed by atoms with Crippen molar-refractivity contribution in [3.8, 4) is 11.5 Å². The van der Waals surface area contributed by atoms with Crippen LogP contribution in [0.2, 0.25) is 0 Å². The molecule has 16 heteroatoms. The fourth-order valence-electron chi connectivity index (χ4n) is 3.81. The number of aliphatic hydroxyl groups excluding tert-OH is 3. The monoisotopic (exact) mass is 606 g/mol. The van der Waals surface area contributed by atoms with Crippen LogP contribution in [-0.2, 0) is 52.5 Å². The van der Waals surface area contributed by atoms with E-state index in [1.165, 1.54) is 46.2 Å². The van der Waals surface area contributed by atoms with Gasteiger partial charge >= 0.3 is 32.3 Å². The maximum absolute atomic E-state index is 11.9. The molecule has 13 nitrogen and oxygen atoms in total. The van der Waals surface area contributed by atoms with Gasteiger partial charge in [0.2, 0.25) is 0 Å². The molecular weight excluding hydrogens is 574 g/mol. The summed E-state index contributed by atoms with van der Waals surface area (Å²) in [4.78, 5) is 40.8. The number of para-hydroxylation sites is 2. The quantitative estimate of drug-likeness (QED) is 0.102. The van der Waals surface area contributed by atoms with Gasteiger partial charge in [0.15, 0.2) is 0 Å². The fraction of sp³-hybridized carbons (Fsp3) is 0.429. The number of aromatic hydroxyl groups is 2. The van der Waals surface area contributed by atoms with E-state index in [4.69, 9.17) is 0 Å². The summed E-state index contributed by atoms with van der Waals surface area (Å²) in [5, 5.41) is 49.6. The van der Waals surface area contributed by atoms with E-state index in [1.807, 2.05) is 0 Å². The Labute approximate surface area is 224 Å². The van der Waals surface area contributed by atoms with Gasteiger partial charge in [-0.3, -0.25) is 18.9 Å². The van der Waals surface area contributed by atoms with Crippen molar-refractivity contribution in [2.45, 2.75) is 32.3 Å². The standard InChI is InChI=1S/C21H32N2O11P2.Fe/c24-10-17-5-1-3-15(20(17)27)7-22(13-35(29,30)31)9-19(12-26)23(14-36(32,33)34)8-16-4-2-6-18(11-25)21(16)28;/h1-6,19,24-28H,7-14H2,(H2,29,30,31)(H2,32,33,34);/q;+2/t19-;/m0./s1. The molecule has 0 aliphatic carbocycles. The summed E-state index contributed by atoms with van der Waals surface area (Å²) in [7, 11) is -9.33. The van der Waals surface area contributed by atoms with Crippen LogP contribution in [0.3, 0.4) is 0 Å². The van der Waals surface area contributed by atoms with Gasteiger partial charge in [0.05, 0.1) is 19.8 Å². The fourth-order valence-corrected chi connectivity index (χ4v) is 5.35. The van der Waals surface area contributed by atoms with Crippen LogP contribution in [0.15, 0.2) is 36.4 Å². The number of benzene rings is 2. The molecule has 0 saturated carbocycles. The van der Waals surface area contributed by atoms with Gasteiger partial charge in [-0.1, -0.05) is 36.4 Å². The van der Waals surface area contributed by atoms with E-state index in [9.17, 15) is 54.2 Å². The van der Waals surface area contributed by atoms with E-state index in [-0.39, 0.29) is 70.5 Å². The molecule has 0 amide bonds. The Balaban J connectivity index is 0.00000684. The molecule has 208 valence electrons. The van der Waals surface area contributed by atoms with E-state index in [0.717, 1.165) is 0 Å². The minimum absolute atomic E-state index is 0. The first-order chi connectivity index (χ1) is 16.8. The van der Waals surface area contributed by atoms with Gasteiger partial charge in [0.25, 0.3) is 0 Å². The third-order valence-electron chi connectivity index (χ3n) is 5.46. The molecule has 37 heavy (non-hydrogen) atoms. The molecule has 0 fully saturated rings. The topological polar surface area (TPSA) is 223 Å². The summed E-state index contributed by atoms with van der Waals surface area (Å²) in [6, 6.07) is 7.90. The van der Waals surface area contributed by atoms with Crippen LogP contribution in [0.5, 0.6) is 11.5 Å². The van der Waals surface area contributed by atoms with Gasteiger partial charge in [-0.15, -0.1) is 0 Å². The molecule has 2 aromatic rings. The molecule has 0 unspecified atom stereocenters. The maximum Gasteiger partial charge on any atom is 2.00 e. The van der Waals surface area contributed by atoms with E-state index >= 15 is 0 Å². The zero-order valence-electron chi connectivity index (χ0n) is 19.7. The van der Waals surface area contributed by atoms with Crippen LogP contribution < -0.4 is 0 Å². The molecule has 1 atom stereocenters. The van der Waals surface area contributed by atoms with Gasteiger partial charge in [0, 0.05) is 47.9 Å². The smallest absolute Gasteiger partial charge is 0.507 e. The Bertz CT molecular complexity index is 1110. The molecule has 0 spiro atoms. The van der Waals surface area contributed by atoms with Gasteiger partial charge in [-0.25, -0.2) is 0 Å². The minimum atomic E-state index is -4.69. The number of aliphatic hydroxyl groups is 3. The van der Waals surface area contributed by atoms with E-state index in [2.05, 4.69) is 0 Å². The van der Waals surface area contributed by atoms with Crippen molar-refractivity contribution in [2.24, 2.45) is 0 Å². The molecule has 0 bridgehead atoms. The first-order valence-electron chi connectivity index (χ1n) is 10.8. The third-order valence-corrected chi connectivity index (χ3v) is 6.96. The van der Waals surface area contributed by atoms with Crippen LogP contribution >= 0.6 is 15.2 Å². The van der Waals surface area contributed by atoms with E-state index < -0.39 is 53.6 Å². The van der Waals surface area contributed by atoms with Crippen LogP contribution in [-0.4, -0.2) is 86.7 Å². The number of nitrogens with zero attached hydrogens (tertiary/aromatic N) is 2. The molecule has 0 aromatic heterocycles. The first-order valence-corrected chi connectivity index (χ1v) is 14.3. The predicted octanol–water partition coefficient (Wildman–Crippen LogP) is 0.0154. The Morgan fingerprint density at radius 1 is 0.703 bits per heavy atom. The minimum Gasteiger partial charge on any atom is -0.507 e. The third kappa shape index (κ3) is 10.7. The average Bonchev–Trinajstić information content (AvgIpc) is 2.77. The summed E-state index contributed by atoms with van der Waals surface area (Å²) in [6.45, 7) is -2.37. The van der Waals surface area contributed by atoms with Crippen molar-refractivity contribution in [1.29, 1.82) is 0 Å². The number of hydrogen-bond acceptors (Lipinski definition) is 9. The van der Waals surface area contributed by atoms with E-state index in [0.29, 0.717) is 0 Å². The summed E-state index contributed by atoms with van der Waals surface area (Å²) in [5.74, 6) is -0.556. The van der Waals surface area contributed by atoms with Crippen LogP contribution in [0.25, 0.3) is 0 Å².